The molecule has 2 aromatic carbocycles. The number of amides is 3. The Morgan fingerprint density at radius 1 is 1.25 bits per heavy atom. The van der Waals surface area contributed by atoms with Crippen LogP contribution in [0.4, 0.5) is 14.9 Å². The minimum atomic E-state index is -1.47. The van der Waals surface area contributed by atoms with Gasteiger partial charge in [-0.05, 0) is 56.3 Å². The smallest absolute Gasteiger partial charge is 0.332 e. The molecule has 0 saturated carbocycles. The topological polar surface area (TPSA) is 76.2 Å². The normalized spacial score (nSPS) is 28.2. The zero-order valence-corrected chi connectivity index (χ0v) is 19.0. The molecule has 9 heteroatoms. The molecule has 3 heterocycles. The first-order valence-corrected chi connectivity index (χ1v) is 11.1. The second kappa shape index (κ2) is 7.30. The van der Waals surface area contributed by atoms with Crippen LogP contribution in [0, 0.1) is 17.7 Å². The van der Waals surface area contributed by atoms with Crippen LogP contribution in [0.2, 0.25) is 0 Å². The van der Waals surface area contributed by atoms with E-state index in [4.69, 9.17) is 9.47 Å². The highest BCUT2D eigenvalue weighted by molar-refractivity contribution is 9.10. The number of hydrogen-bond acceptors (Lipinski definition) is 5. The summed E-state index contributed by atoms with van der Waals surface area (Å²) >= 11 is 3.46. The van der Waals surface area contributed by atoms with Gasteiger partial charge in [0.1, 0.15) is 17.1 Å². The Balaban J connectivity index is 1.69. The molecule has 32 heavy (non-hydrogen) atoms. The molecule has 166 valence electrons. The lowest BCUT2D eigenvalue weighted by molar-refractivity contribution is -0.154. The first kappa shape index (κ1) is 20.9. The van der Waals surface area contributed by atoms with Gasteiger partial charge in [0.25, 0.3) is 5.91 Å². The van der Waals surface area contributed by atoms with Crippen molar-refractivity contribution in [1.82, 2.24) is 4.90 Å². The Bertz CT molecular complexity index is 1140. The number of halogens is 2. The van der Waals surface area contributed by atoms with Gasteiger partial charge in [0.05, 0.1) is 30.9 Å². The second-order valence-corrected chi connectivity index (χ2v) is 9.16. The van der Waals surface area contributed by atoms with Gasteiger partial charge in [0.2, 0.25) is 0 Å². The van der Waals surface area contributed by atoms with Crippen LogP contribution in [0.3, 0.4) is 0 Å². The van der Waals surface area contributed by atoms with Crippen LogP contribution in [0.1, 0.15) is 25.5 Å². The van der Waals surface area contributed by atoms with Gasteiger partial charge < -0.3 is 14.4 Å². The van der Waals surface area contributed by atoms with Crippen LogP contribution in [0.15, 0.2) is 46.9 Å². The van der Waals surface area contributed by atoms with Crippen LogP contribution in [0.5, 0.6) is 5.75 Å². The van der Waals surface area contributed by atoms with E-state index in [1.807, 2.05) is 12.1 Å². The molecule has 2 aromatic rings. The second-order valence-electron chi connectivity index (χ2n) is 8.25. The zero-order chi connectivity index (χ0) is 22.8. The average molecular weight is 503 g/mol. The predicted molar refractivity (Wildman–Crippen MR) is 116 cm³/mol. The fourth-order valence-corrected chi connectivity index (χ4v) is 5.66. The zero-order valence-electron chi connectivity index (χ0n) is 17.4. The van der Waals surface area contributed by atoms with E-state index >= 15 is 0 Å². The number of esters is 1. The van der Waals surface area contributed by atoms with Gasteiger partial charge in [0, 0.05) is 16.0 Å². The number of nitrogens with zero attached hydrogens (tertiary/aromatic N) is 2. The summed E-state index contributed by atoms with van der Waals surface area (Å²) in [4.78, 5) is 43.1. The van der Waals surface area contributed by atoms with Crippen LogP contribution in [0.25, 0.3) is 0 Å². The summed E-state index contributed by atoms with van der Waals surface area (Å²) in [6, 6.07) is 9.49. The molecule has 3 amide bonds. The largest absolute Gasteiger partial charge is 0.493 e. The lowest BCUT2D eigenvalue weighted by Crippen LogP contribution is -2.51. The fourth-order valence-electron chi connectivity index (χ4n) is 5.28. The van der Waals surface area contributed by atoms with Crippen LogP contribution >= 0.6 is 15.9 Å². The molecule has 0 bridgehead atoms. The average Bonchev–Trinajstić information content (AvgIpc) is 3.14. The monoisotopic (exact) mass is 502 g/mol. The SMILES string of the molecule is CCOC(=O)[C@H]1[C@H]2COc3ccc(Br)cc3[C@@H]2N2C(=O)N(c3ccc(F)cc3)C(=O)[C@@]12C. The molecular formula is C23H20BrFN2O5. The minimum Gasteiger partial charge on any atom is -0.493 e. The molecule has 2 fully saturated rings. The van der Waals surface area contributed by atoms with Gasteiger partial charge in [-0.25, -0.2) is 14.1 Å². The van der Waals surface area contributed by atoms with Gasteiger partial charge >= 0.3 is 12.0 Å². The number of carbonyl (C=O) groups excluding carboxylic acids is 3. The van der Waals surface area contributed by atoms with Crippen molar-refractivity contribution >= 4 is 39.5 Å². The first-order chi connectivity index (χ1) is 15.3. The van der Waals surface area contributed by atoms with Gasteiger partial charge in [-0.15, -0.1) is 0 Å². The van der Waals surface area contributed by atoms with Crippen molar-refractivity contribution < 1.29 is 28.2 Å². The maximum atomic E-state index is 13.8. The summed E-state index contributed by atoms with van der Waals surface area (Å²) in [6.07, 6.45) is 0. The number of hydrogen-bond donors (Lipinski definition) is 0. The predicted octanol–water partition coefficient (Wildman–Crippen LogP) is 4.06. The summed E-state index contributed by atoms with van der Waals surface area (Å²) < 4.78 is 25.5. The van der Waals surface area contributed by atoms with E-state index < -0.39 is 47.1 Å². The maximum absolute atomic E-state index is 13.8. The molecule has 0 aliphatic carbocycles. The van der Waals surface area contributed by atoms with E-state index in [2.05, 4.69) is 15.9 Å². The number of urea groups is 1. The van der Waals surface area contributed by atoms with Gasteiger partial charge in [-0.2, -0.15) is 0 Å². The summed E-state index contributed by atoms with van der Waals surface area (Å²) in [7, 11) is 0. The fraction of sp³-hybridized carbons (Fsp3) is 0.348. The maximum Gasteiger partial charge on any atom is 0.332 e. The van der Waals surface area contributed by atoms with Crippen molar-refractivity contribution in [2.75, 3.05) is 18.1 Å². The molecular weight excluding hydrogens is 483 g/mol. The third kappa shape index (κ3) is 2.73. The summed E-state index contributed by atoms with van der Waals surface area (Å²) in [6.45, 7) is 3.62. The molecule has 4 atom stereocenters. The Labute approximate surface area is 192 Å². The van der Waals surface area contributed by atoms with Crippen molar-refractivity contribution in [3.63, 3.8) is 0 Å². The van der Waals surface area contributed by atoms with Crippen LogP contribution in [-0.2, 0) is 14.3 Å². The third-order valence-corrected chi connectivity index (χ3v) is 7.09. The molecule has 0 aromatic heterocycles. The molecule has 3 aliphatic heterocycles. The number of carbonyl (C=O) groups is 3. The van der Waals surface area contributed by atoms with Gasteiger partial charge in [-0.3, -0.25) is 9.59 Å². The molecule has 7 nitrogen and oxygen atoms in total. The Kier molecular flexibility index (Phi) is 4.77. The number of anilines is 1. The summed E-state index contributed by atoms with van der Waals surface area (Å²) in [5.74, 6) is -2.34. The van der Waals surface area contributed by atoms with Crippen molar-refractivity contribution in [3.05, 3.63) is 58.3 Å². The van der Waals surface area contributed by atoms with Gasteiger partial charge in [0.15, 0.2) is 0 Å². The number of benzene rings is 2. The Morgan fingerprint density at radius 2 is 1.97 bits per heavy atom. The van der Waals surface area contributed by atoms with E-state index in [1.54, 1.807) is 19.9 Å². The highest BCUT2D eigenvalue weighted by atomic mass is 79.9. The van der Waals surface area contributed by atoms with E-state index in [0.29, 0.717) is 5.75 Å². The number of rotatable bonds is 3. The Morgan fingerprint density at radius 3 is 2.66 bits per heavy atom. The quantitative estimate of drug-likeness (QED) is 0.467. The molecule has 0 radical (unpaired) electrons. The number of ether oxygens (including phenoxy) is 2. The van der Waals surface area contributed by atoms with E-state index in [1.165, 1.54) is 29.2 Å². The van der Waals surface area contributed by atoms with E-state index in [9.17, 15) is 18.8 Å². The molecule has 2 saturated heterocycles. The van der Waals surface area contributed by atoms with Crippen molar-refractivity contribution in [2.24, 2.45) is 11.8 Å². The van der Waals surface area contributed by atoms with Crippen molar-refractivity contribution in [2.45, 2.75) is 25.4 Å². The van der Waals surface area contributed by atoms with Crippen molar-refractivity contribution in [3.8, 4) is 5.75 Å². The lowest BCUT2D eigenvalue weighted by atomic mass is 9.77. The minimum absolute atomic E-state index is 0.148. The first-order valence-electron chi connectivity index (χ1n) is 10.3. The molecule has 3 aliphatic rings. The summed E-state index contributed by atoms with van der Waals surface area (Å²) in [5.41, 5.74) is -0.506. The summed E-state index contributed by atoms with van der Waals surface area (Å²) in [5, 5.41) is 0. The van der Waals surface area contributed by atoms with E-state index in [-0.39, 0.29) is 18.9 Å². The highest BCUT2D eigenvalue weighted by Crippen LogP contribution is 2.58. The molecule has 5 rings (SSSR count). The van der Waals surface area contributed by atoms with Crippen LogP contribution in [-0.4, -0.2) is 41.6 Å². The molecule has 0 unspecified atom stereocenters. The Hall–Kier alpha value is -2.94. The van der Waals surface area contributed by atoms with E-state index in [0.717, 1.165) is 14.9 Å². The van der Waals surface area contributed by atoms with Gasteiger partial charge in [-0.1, -0.05) is 15.9 Å². The molecule has 0 spiro atoms. The lowest BCUT2D eigenvalue weighted by Gasteiger charge is -2.34. The molecule has 0 N–H and O–H groups in total. The number of fused-ring (bicyclic) bond motifs is 5. The van der Waals surface area contributed by atoms with Crippen LogP contribution < -0.4 is 9.64 Å². The highest BCUT2D eigenvalue weighted by Gasteiger charge is 2.72. The number of imide groups is 1. The third-order valence-electron chi connectivity index (χ3n) is 6.60. The standard InChI is InChI=1S/C23H20BrFN2O5/c1-3-31-20(28)18-16-11-32-17-9-4-12(24)10-15(17)19(16)27-22(30)26(21(29)23(18,27)2)14-7-5-13(25)6-8-14/h4-10,16,18-19H,3,11H2,1-2H3/t16-,18-,19+,23-/m1/s1. The van der Waals surface area contributed by atoms with Crippen molar-refractivity contribution in [1.29, 1.82) is 0 Å².